The predicted molar refractivity (Wildman–Crippen MR) is 84.2 cm³/mol. The van der Waals surface area contributed by atoms with E-state index in [4.69, 9.17) is 5.73 Å². The molecule has 6 heteroatoms. The van der Waals surface area contributed by atoms with E-state index in [0.717, 1.165) is 24.3 Å². The van der Waals surface area contributed by atoms with Crippen molar-refractivity contribution in [3.8, 4) is 0 Å². The molecular formula is C15H18FN3OS. The number of piperazine rings is 1. The van der Waals surface area contributed by atoms with Crippen LogP contribution in [0.3, 0.4) is 0 Å². The first-order valence-electron chi connectivity index (χ1n) is 7.09. The van der Waals surface area contributed by atoms with Crippen molar-refractivity contribution in [3.05, 3.63) is 28.9 Å². The van der Waals surface area contributed by atoms with Crippen molar-refractivity contribution >= 4 is 33.0 Å². The first kappa shape index (κ1) is 14.3. The van der Waals surface area contributed by atoms with Crippen LogP contribution in [0, 0.1) is 5.82 Å². The van der Waals surface area contributed by atoms with Gasteiger partial charge in [-0.3, -0.25) is 4.79 Å². The standard InChI is InChI=1S/C15H18FN3OS/c1-2-18-5-7-19(8-6-18)15(20)14-13(17)11-9-10(16)3-4-12(11)21-14/h3-4,9H,2,5-8,17H2,1H3. The van der Waals surface area contributed by atoms with Gasteiger partial charge in [0.2, 0.25) is 0 Å². The third-order valence-corrected chi connectivity index (χ3v) is 5.16. The average Bonchev–Trinajstić information content (AvgIpc) is 2.83. The number of nitrogens with two attached hydrogens (primary N) is 1. The minimum absolute atomic E-state index is 0.0372. The number of fused-ring (bicyclic) bond motifs is 1. The van der Waals surface area contributed by atoms with Gasteiger partial charge in [0.15, 0.2) is 0 Å². The normalized spacial score (nSPS) is 16.6. The van der Waals surface area contributed by atoms with Gasteiger partial charge in [0, 0.05) is 36.3 Å². The zero-order valence-corrected chi connectivity index (χ0v) is 12.8. The highest BCUT2D eigenvalue weighted by Crippen LogP contribution is 2.35. The number of likely N-dealkylation sites (N-methyl/N-ethyl adjacent to an activating group) is 1. The molecule has 112 valence electrons. The van der Waals surface area contributed by atoms with Crippen LogP contribution in [0.1, 0.15) is 16.6 Å². The van der Waals surface area contributed by atoms with E-state index >= 15 is 0 Å². The van der Waals surface area contributed by atoms with Crippen LogP contribution in [0.4, 0.5) is 10.1 Å². The number of hydrogen-bond donors (Lipinski definition) is 1. The van der Waals surface area contributed by atoms with Crippen LogP contribution in [-0.4, -0.2) is 48.4 Å². The number of benzene rings is 1. The number of anilines is 1. The molecule has 1 aromatic heterocycles. The second kappa shape index (κ2) is 5.61. The van der Waals surface area contributed by atoms with Crippen molar-refractivity contribution in [3.63, 3.8) is 0 Å². The van der Waals surface area contributed by atoms with Gasteiger partial charge in [-0.15, -0.1) is 11.3 Å². The Kier molecular flexibility index (Phi) is 3.82. The molecule has 1 saturated heterocycles. The maximum absolute atomic E-state index is 13.3. The zero-order valence-electron chi connectivity index (χ0n) is 11.9. The molecule has 0 atom stereocenters. The fraction of sp³-hybridized carbons (Fsp3) is 0.400. The molecule has 0 saturated carbocycles. The van der Waals surface area contributed by atoms with Crippen LogP contribution in [-0.2, 0) is 0 Å². The Morgan fingerprint density at radius 1 is 1.33 bits per heavy atom. The Bertz CT molecular complexity index is 677. The van der Waals surface area contributed by atoms with E-state index in [1.807, 2.05) is 4.90 Å². The molecule has 1 aromatic carbocycles. The van der Waals surface area contributed by atoms with E-state index in [1.54, 1.807) is 6.07 Å². The Morgan fingerprint density at radius 3 is 2.71 bits per heavy atom. The van der Waals surface area contributed by atoms with E-state index in [0.29, 0.717) is 29.0 Å². The lowest BCUT2D eigenvalue weighted by Crippen LogP contribution is -2.48. The molecule has 1 aliphatic rings. The fourth-order valence-electron chi connectivity index (χ4n) is 2.66. The average molecular weight is 307 g/mol. The molecule has 21 heavy (non-hydrogen) atoms. The van der Waals surface area contributed by atoms with Crippen LogP contribution >= 0.6 is 11.3 Å². The molecular weight excluding hydrogens is 289 g/mol. The predicted octanol–water partition coefficient (Wildman–Crippen LogP) is 2.40. The number of thiophene rings is 1. The molecule has 0 radical (unpaired) electrons. The molecule has 2 heterocycles. The van der Waals surface area contributed by atoms with Crippen molar-refractivity contribution in [1.82, 2.24) is 9.80 Å². The highest BCUT2D eigenvalue weighted by Gasteiger charge is 2.25. The lowest BCUT2D eigenvalue weighted by atomic mass is 10.2. The number of nitrogen functional groups attached to an aromatic ring is 1. The molecule has 1 amide bonds. The molecule has 1 fully saturated rings. The van der Waals surface area contributed by atoms with Gasteiger partial charge in [-0.2, -0.15) is 0 Å². The molecule has 1 aliphatic heterocycles. The Balaban J connectivity index is 1.87. The molecule has 0 spiro atoms. The Morgan fingerprint density at radius 2 is 2.05 bits per heavy atom. The second-order valence-electron chi connectivity index (χ2n) is 5.21. The molecule has 2 aromatic rings. The van der Waals surface area contributed by atoms with E-state index < -0.39 is 0 Å². The zero-order chi connectivity index (χ0) is 15.0. The quantitative estimate of drug-likeness (QED) is 0.927. The summed E-state index contributed by atoms with van der Waals surface area (Å²) in [6.07, 6.45) is 0. The third-order valence-electron chi connectivity index (χ3n) is 3.99. The first-order chi connectivity index (χ1) is 10.1. The summed E-state index contributed by atoms with van der Waals surface area (Å²) in [5, 5.41) is 0.635. The molecule has 0 bridgehead atoms. The first-order valence-corrected chi connectivity index (χ1v) is 7.91. The van der Waals surface area contributed by atoms with Gasteiger partial charge >= 0.3 is 0 Å². The van der Waals surface area contributed by atoms with Crippen LogP contribution in [0.2, 0.25) is 0 Å². The number of carbonyl (C=O) groups excluding carboxylic acids is 1. The summed E-state index contributed by atoms with van der Waals surface area (Å²) in [6, 6.07) is 4.47. The summed E-state index contributed by atoms with van der Waals surface area (Å²) in [4.78, 5) is 17.3. The SMILES string of the molecule is CCN1CCN(C(=O)c2sc3ccc(F)cc3c2N)CC1. The monoisotopic (exact) mass is 307 g/mol. The van der Waals surface area contributed by atoms with Crippen molar-refractivity contribution in [1.29, 1.82) is 0 Å². The van der Waals surface area contributed by atoms with Crippen LogP contribution in [0.25, 0.3) is 10.1 Å². The number of carbonyl (C=O) groups is 1. The Hall–Kier alpha value is -1.66. The van der Waals surface area contributed by atoms with E-state index in [1.165, 1.54) is 23.5 Å². The van der Waals surface area contributed by atoms with E-state index in [2.05, 4.69) is 11.8 Å². The van der Waals surface area contributed by atoms with Crippen molar-refractivity contribution in [2.75, 3.05) is 38.5 Å². The summed E-state index contributed by atoms with van der Waals surface area (Å²) in [5.41, 5.74) is 6.46. The largest absolute Gasteiger partial charge is 0.397 e. The molecule has 0 aliphatic carbocycles. The van der Waals surface area contributed by atoms with Gasteiger partial charge < -0.3 is 15.5 Å². The van der Waals surface area contributed by atoms with Gasteiger partial charge in [0.1, 0.15) is 10.7 Å². The number of hydrogen-bond acceptors (Lipinski definition) is 4. The molecule has 0 unspecified atom stereocenters. The van der Waals surface area contributed by atoms with Gasteiger partial charge in [-0.05, 0) is 24.7 Å². The van der Waals surface area contributed by atoms with Gasteiger partial charge in [-0.1, -0.05) is 6.92 Å². The fourth-order valence-corrected chi connectivity index (χ4v) is 3.73. The van der Waals surface area contributed by atoms with Crippen molar-refractivity contribution in [2.24, 2.45) is 0 Å². The highest BCUT2D eigenvalue weighted by atomic mass is 32.1. The lowest BCUT2D eigenvalue weighted by molar-refractivity contribution is 0.0649. The van der Waals surface area contributed by atoms with Crippen LogP contribution in [0.15, 0.2) is 18.2 Å². The summed E-state index contributed by atoms with van der Waals surface area (Å²) in [7, 11) is 0. The number of halogens is 1. The lowest BCUT2D eigenvalue weighted by Gasteiger charge is -2.33. The van der Waals surface area contributed by atoms with Crippen LogP contribution < -0.4 is 5.73 Å². The van der Waals surface area contributed by atoms with Crippen molar-refractivity contribution in [2.45, 2.75) is 6.92 Å². The van der Waals surface area contributed by atoms with E-state index in [-0.39, 0.29) is 11.7 Å². The molecule has 4 nitrogen and oxygen atoms in total. The summed E-state index contributed by atoms with van der Waals surface area (Å²) >= 11 is 1.34. The number of amides is 1. The minimum atomic E-state index is -0.331. The van der Waals surface area contributed by atoms with Gasteiger partial charge in [0.25, 0.3) is 5.91 Å². The topological polar surface area (TPSA) is 49.6 Å². The number of rotatable bonds is 2. The summed E-state index contributed by atoms with van der Waals surface area (Å²) < 4.78 is 14.2. The maximum atomic E-state index is 13.3. The minimum Gasteiger partial charge on any atom is -0.397 e. The smallest absolute Gasteiger partial charge is 0.266 e. The van der Waals surface area contributed by atoms with Crippen LogP contribution in [0.5, 0.6) is 0 Å². The third kappa shape index (κ3) is 2.61. The number of nitrogens with zero attached hydrogens (tertiary/aromatic N) is 2. The maximum Gasteiger partial charge on any atom is 0.266 e. The van der Waals surface area contributed by atoms with Gasteiger partial charge in [0.05, 0.1) is 5.69 Å². The highest BCUT2D eigenvalue weighted by molar-refractivity contribution is 7.21. The second-order valence-corrected chi connectivity index (χ2v) is 6.26. The van der Waals surface area contributed by atoms with Crippen molar-refractivity contribution < 1.29 is 9.18 Å². The molecule has 3 rings (SSSR count). The Labute approximate surface area is 126 Å². The van der Waals surface area contributed by atoms with E-state index in [9.17, 15) is 9.18 Å². The molecule has 2 N–H and O–H groups in total. The summed E-state index contributed by atoms with van der Waals surface area (Å²) in [5.74, 6) is -0.368. The summed E-state index contributed by atoms with van der Waals surface area (Å²) in [6.45, 7) is 6.34. The van der Waals surface area contributed by atoms with Gasteiger partial charge in [-0.25, -0.2) is 4.39 Å².